The van der Waals surface area contributed by atoms with Crippen LogP contribution in [0.2, 0.25) is 0 Å². The molecule has 2 heteroatoms. The van der Waals surface area contributed by atoms with Crippen LogP contribution < -0.4 is 0 Å². The maximum Gasteiger partial charge on any atom is 0.159 e. The average molecular weight is 218 g/mol. The van der Waals surface area contributed by atoms with Crippen LogP contribution in [0.1, 0.15) is 39.0 Å². The smallest absolute Gasteiger partial charge is 0.159 e. The molecule has 16 heavy (non-hydrogen) atoms. The number of rotatable bonds is 0. The molecule has 0 aromatic rings. The van der Waals surface area contributed by atoms with Gasteiger partial charge in [0.25, 0.3) is 0 Å². The highest BCUT2D eigenvalue weighted by Crippen LogP contribution is 2.66. The summed E-state index contributed by atoms with van der Waals surface area (Å²) in [5.41, 5.74) is 2.77. The molecule has 0 radical (unpaired) electrons. The van der Waals surface area contributed by atoms with Crippen molar-refractivity contribution in [3.63, 3.8) is 0 Å². The van der Waals surface area contributed by atoms with Crippen LogP contribution in [0.25, 0.3) is 0 Å². The predicted molar refractivity (Wildman–Crippen MR) is 59.9 cm³/mol. The lowest BCUT2D eigenvalue weighted by molar-refractivity contribution is -0.115. The van der Waals surface area contributed by atoms with Gasteiger partial charge in [0.1, 0.15) is 0 Å². The van der Waals surface area contributed by atoms with Gasteiger partial charge in [0, 0.05) is 23.3 Å². The lowest BCUT2D eigenvalue weighted by Gasteiger charge is -2.40. The molecule has 0 aromatic carbocycles. The van der Waals surface area contributed by atoms with E-state index in [0.29, 0.717) is 17.8 Å². The van der Waals surface area contributed by atoms with Gasteiger partial charge in [-0.05, 0) is 38.5 Å². The third-order valence-electron chi connectivity index (χ3n) is 5.60. The first-order valence-corrected chi connectivity index (χ1v) is 6.59. The Morgan fingerprint density at radius 3 is 3.00 bits per heavy atom. The molecule has 1 heterocycles. The van der Waals surface area contributed by atoms with Gasteiger partial charge in [0.15, 0.2) is 5.78 Å². The predicted octanol–water partition coefficient (Wildman–Crippen LogP) is 2.48. The van der Waals surface area contributed by atoms with Gasteiger partial charge in [-0.3, -0.25) is 4.79 Å². The van der Waals surface area contributed by atoms with Gasteiger partial charge < -0.3 is 4.74 Å². The minimum atomic E-state index is 0.180. The van der Waals surface area contributed by atoms with Crippen LogP contribution in [0.4, 0.5) is 0 Å². The minimum absolute atomic E-state index is 0.180. The Morgan fingerprint density at radius 2 is 2.12 bits per heavy atom. The molecule has 0 bridgehead atoms. The largest absolute Gasteiger partial charge is 0.377 e. The number of allylic oxidation sites excluding steroid dienone is 1. The van der Waals surface area contributed by atoms with Crippen molar-refractivity contribution in [3.05, 3.63) is 11.1 Å². The highest BCUT2D eigenvalue weighted by Gasteiger charge is 2.67. The molecule has 2 saturated carbocycles. The van der Waals surface area contributed by atoms with Crippen molar-refractivity contribution in [1.82, 2.24) is 0 Å². The van der Waals surface area contributed by atoms with Gasteiger partial charge >= 0.3 is 0 Å². The SMILES string of the molecule is CC1=C2C(=O)CC3COC4CC[C@@H](CC1)[C@]234. The molecular formula is C14H18O2. The number of carbonyl (C=O) groups excluding carboxylic acids is 1. The van der Waals surface area contributed by atoms with Gasteiger partial charge in [-0.25, -0.2) is 0 Å². The van der Waals surface area contributed by atoms with Crippen molar-refractivity contribution in [3.8, 4) is 0 Å². The van der Waals surface area contributed by atoms with E-state index < -0.39 is 0 Å². The molecule has 4 rings (SSSR count). The van der Waals surface area contributed by atoms with E-state index >= 15 is 0 Å². The Morgan fingerprint density at radius 1 is 1.25 bits per heavy atom. The number of Topliss-reactive ketones (excluding diaryl/α,β-unsaturated/α-hetero) is 1. The molecule has 0 amide bonds. The highest BCUT2D eigenvalue weighted by molar-refractivity contribution is 6.01. The lowest BCUT2D eigenvalue weighted by Crippen LogP contribution is -2.39. The van der Waals surface area contributed by atoms with E-state index in [1.54, 1.807) is 0 Å². The zero-order valence-electron chi connectivity index (χ0n) is 9.79. The molecule has 3 fully saturated rings. The molecule has 4 aliphatic rings. The third kappa shape index (κ3) is 0.806. The summed E-state index contributed by atoms with van der Waals surface area (Å²) in [4.78, 5) is 12.2. The van der Waals surface area contributed by atoms with Gasteiger partial charge in [-0.1, -0.05) is 5.57 Å². The molecule has 86 valence electrons. The van der Waals surface area contributed by atoms with Crippen molar-refractivity contribution in [1.29, 1.82) is 0 Å². The fourth-order valence-corrected chi connectivity index (χ4v) is 5.15. The van der Waals surface area contributed by atoms with Crippen LogP contribution in [0, 0.1) is 17.3 Å². The van der Waals surface area contributed by atoms with Crippen molar-refractivity contribution in [2.45, 2.75) is 45.1 Å². The Kier molecular flexibility index (Phi) is 1.64. The van der Waals surface area contributed by atoms with Gasteiger partial charge in [0.05, 0.1) is 12.7 Å². The number of ketones is 1. The van der Waals surface area contributed by atoms with Gasteiger partial charge in [-0.15, -0.1) is 0 Å². The maximum atomic E-state index is 12.2. The van der Waals surface area contributed by atoms with E-state index in [0.717, 1.165) is 25.4 Å². The van der Waals surface area contributed by atoms with Crippen molar-refractivity contribution in [2.24, 2.45) is 17.3 Å². The second-order valence-electron chi connectivity index (χ2n) is 6.05. The fourth-order valence-electron chi connectivity index (χ4n) is 5.15. The number of hydrogen-bond acceptors (Lipinski definition) is 2. The summed E-state index contributed by atoms with van der Waals surface area (Å²) in [7, 11) is 0. The molecule has 2 unspecified atom stereocenters. The van der Waals surface area contributed by atoms with Crippen LogP contribution in [0.15, 0.2) is 11.1 Å². The number of carbonyl (C=O) groups is 1. The second kappa shape index (κ2) is 2.79. The molecule has 0 aromatic heterocycles. The summed E-state index contributed by atoms with van der Waals surface area (Å²) in [5.74, 6) is 1.71. The summed E-state index contributed by atoms with van der Waals surface area (Å²) in [6.07, 6.45) is 6.04. The molecule has 4 atom stereocenters. The Bertz CT molecular complexity index is 409. The molecule has 3 aliphatic carbocycles. The molecular weight excluding hydrogens is 200 g/mol. The van der Waals surface area contributed by atoms with Crippen LogP contribution in [-0.4, -0.2) is 18.5 Å². The molecule has 1 aliphatic heterocycles. The summed E-state index contributed by atoms with van der Waals surface area (Å²) in [6.45, 7) is 3.01. The summed E-state index contributed by atoms with van der Waals surface area (Å²) < 4.78 is 5.98. The minimum Gasteiger partial charge on any atom is -0.377 e. The molecule has 1 spiro atoms. The van der Waals surface area contributed by atoms with E-state index in [1.165, 1.54) is 30.4 Å². The van der Waals surface area contributed by atoms with Crippen LogP contribution in [-0.2, 0) is 9.53 Å². The standard InChI is InChI=1S/C14H18O2/c1-8-2-3-9-4-5-12-14(9)10(7-16-12)6-11(15)13(8)14/h9-10,12H,2-7H2,1H3/t9-,10?,12?,14+/m1/s1. The molecule has 0 N–H and O–H groups in total. The van der Waals surface area contributed by atoms with Crippen LogP contribution in [0.5, 0.6) is 0 Å². The Hall–Kier alpha value is -0.630. The van der Waals surface area contributed by atoms with E-state index in [2.05, 4.69) is 6.92 Å². The maximum absolute atomic E-state index is 12.2. The first-order chi connectivity index (χ1) is 7.74. The fraction of sp³-hybridized carbons (Fsp3) is 0.786. The van der Waals surface area contributed by atoms with E-state index in [4.69, 9.17) is 4.74 Å². The first-order valence-electron chi connectivity index (χ1n) is 6.59. The van der Waals surface area contributed by atoms with Crippen LogP contribution in [0.3, 0.4) is 0 Å². The first kappa shape index (κ1) is 9.41. The Balaban J connectivity index is 1.98. The monoisotopic (exact) mass is 218 g/mol. The normalized spacial score (nSPS) is 49.8. The van der Waals surface area contributed by atoms with Gasteiger partial charge in [-0.2, -0.15) is 0 Å². The van der Waals surface area contributed by atoms with E-state index in [9.17, 15) is 4.79 Å². The summed E-state index contributed by atoms with van der Waals surface area (Å²) in [5, 5.41) is 0. The number of hydrogen-bond donors (Lipinski definition) is 0. The van der Waals surface area contributed by atoms with E-state index in [1.807, 2.05) is 0 Å². The third-order valence-corrected chi connectivity index (χ3v) is 5.60. The van der Waals surface area contributed by atoms with Gasteiger partial charge in [0.2, 0.25) is 0 Å². The van der Waals surface area contributed by atoms with E-state index in [-0.39, 0.29) is 5.41 Å². The second-order valence-corrected chi connectivity index (χ2v) is 6.05. The topological polar surface area (TPSA) is 26.3 Å². The zero-order chi connectivity index (χ0) is 10.9. The summed E-state index contributed by atoms with van der Waals surface area (Å²) in [6, 6.07) is 0. The summed E-state index contributed by atoms with van der Waals surface area (Å²) >= 11 is 0. The zero-order valence-corrected chi connectivity index (χ0v) is 9.79. The van der Waals surface area contributed by atoms with Crippen molar-refractivity contribution < 1.29 is 9.53 Å². The lowest BCUT2D eigenvalue weighted by atomic mass is 9.62. The average Bonchev–Trinajstić information content (AvgIpc) is 2.83. The highest BCUT2D eigenvalue weighted by atomic mass is 16.5. The van der Waals surface area contributed by atoms with Crippen LogP contribution >= 0.6 is 0 Å². The Labute approximate surface area is 96.0 Å². The molecule has 1 saturated heterocycles. The van der Waals surface area contributed by atoms with Crippen molar-refractivity contribution >= 4 is 5.78 Å². The van der Waals surface area contributed by atoms with Crippen molar-refractivity contribution in [2.75, 3.05) is 6.61 Å². The number of ether oxygens (including phenoxy) is 1. The molecule has 2 nitrogen and oxygen atoms in total. The quantitative estimate of drug-likeness (QED) is 0.624.